The second kappa shape index (κ2) is 13.8. The zero-order valence-electron chi connectivity index (χ0n) is 22.3. The molecule has 2 amide bonds. The van der Waals surface area contributed by atoms with Crippen molar-refractivity contribution in [3.63, 3.8) is 0 Å². The molecule has 0 heterocycles. The van der Waals surface area contributed by atoms with E-state index in [1.54, 1.807) is 37.3 Å². The van der Waals surface area contributed by atoms with Gasteiger partial charge in [-0.15, -0.1) is 0 Å². The van der Waals surface area contributed by atoms with Crippen molar-refractivity contribution in [2.24, 2.45) is 0 Å². The Morgan fingerprint density at radius 2 is 1.50 bits per heavy atom. The molecule has 0 aliphatic rings. The molecule has 0 saturated heterocycles. The molecule has 7 nitrogen and oxygen atoms in total. The van der Waals surface area contributed by atoms with E-state index in [0.29, 0.717) is 18.7 Å². The zero-order valence-corrected chi connectivity index (χ0v) is 23.2. The van der Waals surface area contributed by atoms with Crippen LogP contribution >= 0.6 is 0 Å². The highest BCUT2D eigenvalue weighted by atomic mass is 32.2. The van der Waals surface area contributed by atoms with E-state index in [0.717, 1.165) is 28.3 Å². The van der Waals surface area contributed by atoms with E-state index in [-0.39, 0.29) is 17.3 Å². The topological polar surface area (TPSA) is 86.8 Å². The third kappa shape index (κ3) is 7.68. The third-order valence-electron chi connectivity index (χ3n) is 6.41. The monoisotopic (exact) mass is 535 g/mol. The Hall–Kier alpha value is -3.65. The van der Waals surface area contributed by atoms with Gasteiger partial charge >= 0.3 is 0 Å². The second-order valence-electron chi connectivity index (χ2n) is 9.30. The summed E-state index contributed by atoms with van der Waals surface area (Å²) in [5.41, 5.74) is 2.38. The number of benzene rings is 3. The molecule has 3 aromatic carbocycles. The van der Waals surface area contributed by atoms with Gasteiger partial charge in [-0.1, -0.05) is 79.6 Å². The lowest BCUT2D eigenvalue weighted by Crippen LogP contribution is -2.52. The van der Waals surface area contributed by atoms with Gasteiger partial charge < -0.3 is 10.2 Å². The lowest BCUT2D eigenvalue weighted by molar-refractivity contribution is -0.138. The van der Waals surface area contributed by atoms with Crippen LogP contribution in [0.4, 0.5) is 5.69 Å². The molecule has 0 unspecified atom stereocenters. The number of amides is 2. The minimum absolute atomic E-state index is 0.0922. The number of hydrogen-bond acceptors (Lipinski definition) is 4. The lowest BCUT2D eigenvalue weighted by atomic mass is 10.1. The summed E-state index contributed by atoms with van der Waals surface area (Å²) in [7, 11) is -4.04. The summed E-state index contributed by atoms with van der Waals surface area (Å²) in [5.74, 6) is -0.702. The van der Waals surface area contributed by atoms with Gasteiger partial charge in [0.15, 0.2) is 0 Å². The van der Waals surface area contributed by atoms with Crippen LogP contribution in [0.5, 0.6) is 0 Å². The average molecular weight is 536 g/mol. The van der Waals surface area contributed by atoms with Crippen molar-refractivity contribution in [3.8, 4) is 0 Å². The molecule has 202 valence electrons. The maximum atomic E-state index is 13.8. The number of rotatable bonds is 13. The van der Waals surface area contributed by atoms with Gasteiger partial charge in [0.1, 0.15) is 12.6 Å². The van der Waals surface area contributed by atoms with E-state index in [9.17, 15) is 18.0 Å². The first-order valence-corrected chi connectivity index (χ1v) is 14.4. The number of unbranched alkanes of at least 4 members (excludes halogenated alkanes) is 1. The largest absolute Gasteiger partial charge is 0.354 e. The number of nitrogens with one attached hydrogen (secondary N) is 1. The van der Waals surface area contributed by atoms with Gasteiger partial charge in [0, 0.05) is 13.1 Å². The summed E-state index contributed by atoms with van der Waals surface area (Å²) in [6, 6.07) is 24.0. The van der Waals surface area contributed by atoms with Crippen molar-refractivity contribution in [2.45, 2.75) is 51.0 Å². The van der Waals surface area contributed by atoms with Gasteiger partial charge in [0.25, 0.3) is 10.0 Å². The smallest absolute Gasteiger partial charge is 0.264 e. The number of anilines is 1. The Bertz CT molecular complexity index is 1280. The van der Waals surface area contributed by atoms with Gasteiger partial charge in [-0.05, 0) is 56.5 Å². The molecule has 3 rings (SSSR count). The number of aryl methyl sites for hydroxylation is 1. The van der Waals surface area contributed by atoms with Gasteiger partial charge in [0.05, 0.1) is 10.6 Å². The third-order valence-corrected chi connectivity index (χ3v) is 8.20. The molecule has 1 atom stereocenters. The fourth-order valence-corrected chi connectivity index (χ4v) is 5.50. The fourth-order valence-electron chi connectivity index (χ4n) is 4.07. The van der Waals surface area contributed by atoms with Crippen LogP contribution < -0.4 is 9.62 Å². The van der Waals surface area contributed by atoms with Crippen LogP contribution in [-0.4, -0.2) is 50.8 Å². The molecule has 38 heavy (non-hydrogen) atoms. The fraction of sp³-hybridized carbons (Fsp3) is 0.333. The molecule has 0 fully saturated rings. The van der Waals surface area contributed by atoms with Crippen LogP contribution in [0.1, 0.15) is 37.8 Å². The zero-order chi connectivity index (χ0) is 27.5. The molecule has 0 saturated carbocycles. The lowest BCUT2D eigenvalue weighted by Gasteiger charge is -2.32. The predicted octanol–water partition coefficient (Wildman–Crippen LogP) is 4.57. The van der Waals surface area contributed by atoms with Crippen molar-refractivity contribution in [2.75, 3.05) is 23.9 Å². The van der Waals surface area contributed by atoms with E-state index < -0.39 is 28.5 Å². The summed E-state index contributed by atoms with van der Waals surface area (Å²) in [5, 5.41) is 2.90. The van der Waals surface area contributed by atoms with Gasteiger partial charge in [0.2, 0.25) is 11.8 Å². The minimum atomic E-state index is -4.04. The van der Waals surface area contributed by atoms with Crippen LogP contribution in [0.2, 0.25) is 0 Å². The van der Waals surface area contributed by atoms with Crippen LogP contribution in [-0.2, 0) is 26.0 Å². The average Bonchev–Trinajstić information content (AvgIpc) is 2.93. The number of carbonyl (C=O) groups excluding carboxylic acids is 2. The molecular weight excluding hydrogens is 498 g/mol. The van der Waals surface area contributed by atoms with E-state index >= 15 is 0 Å². The normalized spacial score (nSPS) is 12.0. The highest BCUT2D eigenvalue weighted by Gasteiger charge is 2.32. The Labute approximate surface area is 226 Å². The van der Waals surface area contributed by atoms with Crippen molar-refractivity contribution in [1.29, 1.82) is 0 Å². The van der Waals surface area contributed by atoms with E-state index in [2.05, 4.69) is 5.32 Å². The summed E-state index contributed by atoms with van der Waals surface area (Å²) in [6.45, 7) is 6.01. The molecule has 0 aromatic heterocycles. The summed E-state index contributed by atoms with van der Waals surface area (Å²) in [4.78, 5) is 28.3. The first kappa shape index (κ1) is 28.9. The van der Waals surface area contributed by atoms with Crippen molar-refractivity contribution >= 4 is 27.5 Å². The SMILES string of the molecule is CCCCNC(=O)[C@H](C)N(CCc1ccccc1)C(=O)CN(c1ccc(C)cc1)S(=O)(=O)c1ccccc1. The van der Waals surface area contributed by atoms with Gasteiger partial charge in [-0.2, -0.15) is 0 Å². The van der Waals surface area contributed by atoms with Gasteiger partial charge in [-0.25, -0.2) is 8.42 Å². The Morgan fingerprint density at radius 1 is 0.895 bits per heavy atom. The summed E-state index contributed by atoms with van der Waals surface area (Å²) < 4.78 is 28.5. The molecule has 1 N–H and O–H groups in total. The molecular formula is C30H37N3O4S. The van der Waals surface area contributed by atoms with E-state index in [1.165, 1.54) is 17.0 Å². The molecule has 8 heteroatoms. The van der Waals surface area contributed by atoms with Crippen LogP contribution in [0.3, 0.4) is 0 Å². The highest BCUT2D eigenvalue weighted by molar-refractivity contribution is 7.92. The Morgan fingerprint density at radius 3 is 2.11 bits per heavy atom. The standard InChI is InChI=1S/C30H37N3O4S/c1-4-5-21-31-30(35)25(3)32(22-20-26-12-8-6-9-13-26)29(34)23-33(27-18-16-24(2)17-19-27)38(36,37)28-14-10-7-11-15-28/h6-19,25H,4-5,20-23H2,1-3H3,(H,31,35)/t25-/m0/s1. The maximum Gasteiger partial charge on any atom is 0.264 e. The number of nitrogens with zero attached hydrogens (tertiary/aromatic N) is 2. The molecule has 0 spiro atoms. The maximum absolute atomic E-state index is 13.8. The van der Waals surface area contributed by atoms with Crippen molar-refractivity contribution in [1.82, 2.24) is 10.2 Å². The Kier molecular flexibility index (Phi) is 10.5. The van der Waals surface area contributed by atoms with E-state index in [1.807, 2.05) is 56.3 Å². The number of carbonyl (C=O) groups is 2. The molecule has 3 aromatic rings. The highest BCUT2D eigenvalue weighted by Crippen LogP contribution is 2.24. The molecule has 0 bridgehead atoms. The minimum Gasteiger partial charge on any atom is -0.354 e. The first-order chi connectivity index (χ1) is 18.2. The summed E-state index contributed by atoms with van der Waals surface area (Å²) >= 11 is 0. The number of hydrogen-bond donors (Lipinski definition) is 1. The predicted molar refractivity (Wildman–Crippen MR) is 151 cm³/mol. The van der Waals surface area contributed by atoms with Crippen molar-refractivity contribution < 1.29 is 18.0 Å². The van der Waals surface area contributed by atoms with Crippen LogP contribution in [0.25, 0.3) is 0 Å². The van der Waals surface area contributed by atoms with Crippen LogP contribution in [0, 0.1) is 6.92 Å². The second-order valence-corrected chi connectivity index (χ2v) is 11.2. The van der Waals surface area contributed by atoms with Gasteiger partial charge in [-0.3, -0.25) is 13.9 Å². The summed E-state index contributed by atoms with van der Waals surface area (Å²) in [6.07, 6.45) is 2.32. The molecule has 0 aliphatic heterocycles. The number of sulfonamides is 1. The quantitative estimate of drug-likeness (QED) is 0.325. The van der Waals surface area contributed by atoms with Crippen LogP contribution in [0.15, 0.2) is 89.8 Å². The van der Waals surface area contributed by atoms with Crippen molar-refractivity contribution in [3.05, 3.63) is 96.1 Å². The first-order valence-electron chi connectivity index (χ1n) is 13.0. The molecule has 0 radical (unpaired) electrons. The molecule has 0 aliphatic carbocycles. The Balaban J connectivity index is 1.92. The van der Waals surface area contributed by atoms with E-state index in [4.69, 9.17) is 0 Å².